The van der Waals surface area contributed by atoms with Crippen LogP contribution >= 0.6 is 23.8 Å². The van der Waals surface area contributed by atoms with E-state index in [9.17, 15) is 0 Å². The molecular weight excluding hydrogens is 194 g/mol. The zero-order chi connectivity index (χ0) is 9.14. The number of hydrogen-bond donors (Lipinski definition) is 1. The van der Waals surface area contributed by atoms with Crippen molar-refractivity contribution in [1.82, 2.24) is 0 Å². The normalized spacial score (nSPS) is 9.50. The molecule has 0 aliphatic rings. The van der Waals surface area contributed by atoms with Crippen LogP contribution in [0.5, 0.6) is 0 Å². The predicted molar refractivity (Wildman–Crippen MR) is 54.6 cm³/mol. The molecule has 0 heterocycles. The molecule has 0 aliphatic carbocycles. The Bertz CT molecular complexity index is 314. The van der Waals surface area contributed by atoms with Gasteiger partial charge in [0.15, 0.2) is 5.05 Å². The standard InChI is InChI=1S/C8H8ClNOS/c1-11-8(12)6-4-5(9)2-3-7(6)10/h2-4H,10H2,1H3. The molecule has 0 aromatic heterocycles. The smallest absolute Gasteiger partial charge is 0.193 e. The van der Waals surface area contributed by atoms with Crippen molar-refractivity contribution in [1.29, 1.82) is 0 Å². The fourth-order valence-corrected chi connectivity index (χ4v) is 1.16. The minimum absolute atomic E-state index is 0.356. The van der Waals surface area contributed by atoms with Gasteiger partial charge in [-0.05, 0) is 30.4 Å². The number of rotatable bonds is 1. The van der Waals surface area contributed by atoms with Gasteiger partial charge in [0.1, 0.15) is 0 Å². The molecule has 0 atom stereocenters. The number of thiocarbonyl (C=S) groups is 1. The van der Waals surface area contributed by atoms with E-state index in [1.165, 1.54) is 7.11 Å². The Kier molecular flexibility index (Phi) is 2.89. The summed E-state index contributed by atoms with van der Waals surface area (Å²) in [5.41, 5.74) is 6.88. The summed E-state index contributed by atoms with van der Waals surface area (Å²) in [5.74, 6) is 0. The lowest BCUT2D eigenvalue weighted by molar-refractivity contribution is 0.416. The van der Waals surface area contributed by atoms with E-state index in [0.29, 0.717) is 21.3 Å². The van der Waals surface area contributed by atoms with Crippen LogP contribution < -0.4 is 5.73 Å². The third-order valence-corrected chi connectivity index (χ3v) is 2.04. The van der Waals surface area contributed by atoms with Crippen molar-refractivity contribution in [3.8, 4) is 0 Å². The van der Waals surface area contributed by atoms with Crippen LogP contribution in [-0.2, 0) is 4.74 Å². The Hall–Kier alpha value is -0.800. The van der Waals surface area contributed by atoms with Crippen LogP contribution in [0.15, 0.2) is 18.2 Å². The molecule has 64 valence electrons. The molecule has 0 amide bonds. The Morgan fingerprint density at radius 3 is 2.83 bits per heavy atom. The monoisotopic (exact) mass is 201 g/mol. The van der Waals surface area contributed by atoms with Crippen molar-refractivity contribution in [3.63, 3.8) is 0 Å². The molecule has 12 heavy (non-hydrogen) atoms. The Morgan fingerprint density at radius 2 is 2.25 bits per heavy atom. The first kappa shape index (κ1) is 9.29. The van der Waals surface area contributed by atoms with E-state index in [1.807, 2.05) is 0 Å². The maximum Gasteiger partial charge on any atom is 0.193 e. The predicted octanol–water partition coefficient (Wildman–Crippen LogP) is 2.24. The Labute approximate surface area is 81.3 Å². The molecule has 0 bridgehead atoms. The maximum absolute atomic E-state index is 5.75. The number of ether oxygens (including phenoxy) is 1. The number of anilines is 1. The van der Waals surface area contributed by atoms with Crippen molar-refractivity contribution in [2.24, 2.45) is 0 Å². The molecule has 2 N–H and O–H groups in total. The number of hydrogen-bond acceptors (Lipinski definition) is 3. The van der Waals surface area contributed by atoms with Crippen LogP contribution in [-0.4, -0.2) is 12.2 Å². The summed E-state index contributed by atoms with van der Waals surface area (Å²) < 4.78 is 4.86. The minimum Gasteiger partial charge on any atom is -0.486 e. The second-order valence-electron chi connectivity index (χ2n) is 2.22. The highest BCUT2D eigenvalue weighted by molar-refractivity contribution is 7.80. The van der Waals surface area contributed by atoms with Gasteiger partial charge in [-0.1, -0.05) is 11.6 Å². The van der Waals surface area contributed by atoms with E-state index in [4.69, 9.17) is 34.3 Å². The van der Waals surface area contributed by atoms with Crippen molar-refractivity contribution < 1.29 is 4.74 Å². The lowest BCUT2D eigenvalue weighted by atomic mass is 10.2. The van der Waals surface area contributed by atoms with Crippen molar-refractivity contribution in [2.75, 3.05) is 12.8 Å². The lowest BCUT2D eigenvalue weighted by Crippen LogP contribution is -2.03. The first-order chi connectivity index (χ1) is 5.65. The molecule has 4 heteroatoms. The average Bonchev–Trinajstić information content (AvgIpc) is 2.08. The molecule has 0 radical (unpaired) electrons. The molecule has 1 aromatic rings. The molecule has 2 nitrogen and oxygen atoms in total. The van der Waals surface area contributed by atoms with Crippen LogP contribution in [0.4, 0.5) is 5.69 Å². The number of nitrogen functional groups attached to an aromatic ring is 1. The van der Waals surface area contributed by atoms with E-state index >= 15 is 0 Å². The van der Waals surface area contributed by atoms with Gasteiger partial charge in [-0.2, -0.15) is 0 Å². The number of nitrogens with two attached hydrogens (primary N) is 1. The molecule has 1 aromatic carbocycles. The summed E-state index contributed by atoms with van der Waals surface area (Å²) in [6.45, 7) is 0. The van der Waals surface area contributed by atoms with Gasteiger partial charge >= 0.3 is 0 Å². The number of halogens is 1. The van der Waals surface area contributed by atoms with Gasteiger partial charge < -0.3 is 10.5 Å². The zero-order valence-electron chi connectivity index (χ0n) is 6.50. The van der Waals surface area contributed by atoms with E-state index in [-0.39, 0.29) is 0 Å². The maximum atomic E-state index is 5.75. The molecule has 0 spiro atoms. The average molecular weight is 202 g/mol. The van der Waals surface area contributed by atoms with Gasteiger partial charge in [-0.25, -0.2) is 0 Å². The first-order valence-electron chi connectivity index (χ1n) is 3.28. The fourth-order valence-electron chi connectivity index (χ4n) is 0.815. The molecule has 0 saturated heterocycles. The number of methoxy groups -OCH3 is 1. The summed E-state index contributed by atoms with van der Waals surface area (Å²) >= 11 is 10.7. The minimum atomic E-state index is 0.356. The SMILES string of the molecule is COC(=S)c1cc(Cl)ccc1N. The van der Waals surface area contributed by atoms with Crippen LogP contribution in [0, 0.1) is 0 Å². The third-order valence-electron chi connectivity index (χ3n) is 1.42. The van der Waals surface area contributed by atoms with Crippen molar-refractivity contribution >= 4 is 34.6 Å². The van der Waals surface area contributed by atoms with E-state index < -0.39 is 0 Å². The third kappa shape index (κ3) is 1.87. The van der Waals surface area contributed by atoms with E-state index in [1.54, 1.807) is 18.2 Å². The van der Waals surface area contributed by atoms with E-state index in [0.717, 1.165) is 0 Å². The molecule has 1 rings (SSSR count). The van der Waals surface area contributed by atoms with Gasteiger partial charge in [-0.15, -0.1) is 0 Å². The lowest BCUT2D eigenvalue weighted by Gasteiger charge is -2.05. The highest BCUT2D eigenvalue weighted by atomic mass is 35.5. The highest BCUT2D eigenvalue weighted by Crippen LogP contribution is 2.18. The van der Waals surface area contributed by atoms with Crippen molar-refractivity contribution in [2.45, 2.75) is 0 Å². The topological polar surface area (TPSA) is 35.2 Å². The summed E-state index contributed by atoms with van der Waals surface area (Å²) in [4.78, 5) is 0. The summed E-state index contributed by atoms with van der Waals surface area (Å²) in [7, 11) is 1.50. The molecule has 0 aliphatic heterocycles. The Morgan fingerprint density at radius 1 is 1.58 bits per heavy atom. The Balaban J connectivity index is 3.13. The molecule has 0 saturated carbocycles. The summed E-state index contributed by atoms with van der Waals surface area (Å²) in [6, 6.07) is 5.09. The first-order valence-corrected chi connectivity index (χ1v) is 4.07. The van der Waals surface area contributed by atoms with Crippen LogP contribution in [0.25, 0.3) is 0 Å². The second-order valence-corrected chi connectivity index (χ2v) is 3.03. The highest BCUT2D eigenvalue weighted by Gasteiger charge is 2.05. The van der Waals surface area contributed by atoms with Crippen LogP contribution in [0.2, 0.25) is 5.02 Å². The molecular formula is C8H8ClNOS. The van der Waals surface area contributed by atoms with Crippen LogP contribution in [0.1, 0.15) is 5.56 Å². The van der Waals surface area contributed by atoms with Gasteiger partial charge in [0.2, 0.25) is 0 Å². The van der Waals surface area contributed by atoms with Gasteiger partial charge in [-0.3, -0.25) is 0 Å². The quantitative estimate of drug-likeness (QED) is 0.559. The van der Waals surface area contributed by atoms with Crippen LogP contribution in [0.3, 0.4) is 0 Å². The van der Waals surface area contributed by atoms with Gasteiger partial charge in [0, 0.05) is 10.7 Å². The van der Waals surface area contributed by atoms with Crippen molar-refractivity contribution in [3.05, 3.63) is 28.8 Å². The summed E-state index contributed by atoms with van der Waals surface area (Å²) in [6.07, 6.45) is 0. The molecule has 0 fully saturated rings. The summed E-state index contributed by atoms with van der Waals surface area (Å²) in [5, 5.41) is 0.952. The van der Waals surface area contributed by atoms with Gasteiger partial charge in [0.25, 0.3) is 0 Å². The number of benzene rings is 1. The van der Waals surface area contributed by atoms with E-state index in [2.05, 4.69) is 0 Å². The fraction of sp³-hybridized carbons (Fsp3) is 0.125. The molecule has 0 unspecified atom stereocenters. The second kappa shape index (κ2) is 3.74. The largest absolute Gasteiger partial charge is 0.486 e. The zero-order valence-corrected chi connectivity index (χ0v) is 8.08. The van der Waals surface area contributed by atoms with Gasteiger partial charge in [0.05, 0.1) is 12.7 Å².